The molecule has 0 unspecified atom stereocenters. The quantitative estimate of drug-likeness (QED) is 0.854. The molecule has 1 aromatic carbocycles. The number of amides is 1. The Morgan fingerprint density at radius 3 is 3.23 bits per heavy atom. The highest BCUT2D eigenvalue weighted by atomic mass is 16.5. The predicted molar refractivity (Wildman–Crippen MR) is 85.3 cm³/mol. The first kappa shape index (κ1) is 14.9. The van der Waals surface area contributed by atoms with E-state index in [0.717, 1.165) is 18.7 Å². The Labute approximate surface area is 130 Å². The highest BCUT2D eigenvalue weighted by Gasteiger charge is 2.40. The number of hydrogen-bond donors (Lipinski definition) is 1. The first-order chi connectivity index (χ1) is 10.7. The minimum atomic E-state index is -0.0962. The molecular formula is C17H22N2O3. The van der Waals surface area contributed by atoms with E-state index < -0.39 is 0 Å². The Kier molecular flexibility index (Phi) is 4.34. The summed E-state index contributed by atoms with van der Waals surface area (Å²) >= 11 is 0. The maximum atomic E-state index is 12.5. The highest BCUT2D eigenvalue weighted by Crippen LogP contribution is 2.37. The van der Waals surface area contributed by atoms with Crippen LogP contribution in [-0.2, 0) is 16.0 Å². The molecule has 0 radical (unpaired) electrons. The van der Waals surface area contributed by atoms with Crippen molar-refractivity contribution in [2.24, 2.45) is 5.92 Å². The van der Waals surface area contributed by atoms with Crippen molar-refractivity contribution in [2.75, 3.05) is 38.3 Å². The van der Waals surface area contributed by atoms with Crippen LogP contribution in [0.3, 0.4) is 0 Å². The van der Waals surface area contributed by atoms with Gasteiger partial charge in [-0.3, -0.25) is 4.79 Å². The predicted octanol–water partition coefficient (Wildman–Crippen LogP) is 1.37. The number of ether oxygens (including phenoxy) is 2. The first-order valence-corrected chi connectivity index (χ1v) is 7.64. The molecule has 5 heteroatoms. The molecule has 1 saturated heterocycles. The van der Waals surface area contributed by atoms with Gasteiger partial charge in [-0.25, -0.2) is 0 Å². The van der Waals surface area contributed by atoms with Crippen molar-refractivity contribution in [2.45, 2.75) is 12.5 Å². The normalized spacial score (nSPS) is 23.2. The fourth-order valence-corrected chi connectivity index (χ4v) is 3.31. The van der Waals surface area contributed by atoms with Gasteiger partial charge in [0.25, 0.3) is 0 Å². The summed E-state index contributed by atoms with van der Waals surface area (Å²) in [5.41, 5.74) is 2.36. The molecule has 0 bridgehead atoms. The third-order valence-corrected chi connectivity index (χ3v) is 4.43. The highest BCUT2D eigenvalue weighted by molar-refractivity contribution is 5.82. The molecule has 1 N–H and O–H groups in total. The molecule has 118 valence electrons. The molecule has 0 aliphatic carbocycles. The number of hydrogen-bond acceptors (Lipinski definition) is 4. The van der Waals surface area contributed by atoms with Gasteiger partial charge in [0.05, 0.1) is 32.3 Å². The van der Waals surface area contributed by atoms with Gasteiger partial charge < -0.3 is 19.7 Å². The van der Waals surface area contributed by atoms with Crippen LogP contribution in [0.4, 0.5) is 5.69 Å². The summed E-state index contributed by atoms with van der Waals surface area (Å²) in [6.45, 7) is 6.23. The summed E-state index contributed by atoms with van der Waals surface area (Å²) in [6.07, 6.45) is 2.43. The van der Waals surface area contributed by atoms with E-state index in [9.17, 15) is 4.79 Å². The molecule has 1 aromatic rings. The van der Waals surface area contributed by atoms with Gasteiger partial charge in [-0.15, -0.1) is 6.58 Å². The number of rotatable bonds is 4. The van der Waals surface area contributed by atoms with E-state index in [1.807, 2.05) is 6.07 Å². The van der Waals surface area contributed by atoms with Crippen molar-refractivity contribution in [1.29, 1.82) is 0 Å². The fourth-order valence-electron chi connectivity index (χ4n) is 3.31. The molecule has 0 spiro atoms. The molecule has 3 rings (SSSR count). The zero-order valence-electron chi connectivity index (χ0n) is 12.9. The Morgan fingerprint density at radius 2 is 2.45 bits per heavy atom. The number of methoxy groups -OCH3 is 1. The number of morpholine rings is 1. The van der Waals surface area contributed by atoms with E-state index in [4.69, 9.17) is 9.47 Å². The minimum absolute atomic E-state index is 0.0712. The van der Waals surface area contributed by atoms with Gasteiger partial charge in [-0.05, 0) is 18.1 Å². The van der Waals surface area contributed by atoms with E-state index in [2.05, 4.69) is 28.9 Å². The Hall–Kier alpha value is -2.01. The number of carbonyl (C=O) groups excluding carboxylic acids is 1. The van der Waals surface area contributed by atoms with Crippen molar-refractivity contribution >= 4 is 11.6 Å². The van der Waals surface area contributed by atoms with Crippen LogP contribution in [-0.4, -0.2) is 45.4 Å². The van der Waals surface area contributed by atoms with Gasteiger partial charge >= 0.3 is 0 Å². The molecule has 0 saturated carbocycles. The molecule has 2 aliphatic heterocycles. The maximum absolute atomic E-state index is 12.5. The smallest absolute Gasteiger partial charge is 0.225 e. The lowest BCUT2D eigenvalue weighted by atomic mass is 9.84. The maximum Gasteiger partial charge on any atom is 0.225 e. The van der Waals surface area contributed by atoms with Gasteiger partial charge in [0.2, 0.25) is 5.91 Å². The van der Waals surface area contributed by atoms with Crippen LogP contribution >= 0.6 is 0 Å². The van der Waals surface area contributed by atoms with Crippen LogP contribution in [0.15, 0.2) is 30.9 Å². The molecule has 22 heavy (non-hydrogen) atoms. The number of benzene rings is 1. The molecule has 1 fully saturated rings. The molecule has 2 aliphatic rings. The van der Waals surface area contributed by atoms with Crippen LogP contribution in [0.1, 0.15) is 5.56 Å². The summed E-state index contributed by atoms with van der Waals surface area (Å²) in [5, 5.41) is 2.92. The number of fused-ring (bicyclic) bond motifs is 3. The molecule has 1 amide bonds. The molecule has 2 heterocycles. The SMILES string of the molecule is C=CCNC(=O)[C@H]1Cc2ccc(OC)cc2N2CCOC[C@@H]12. The van der Waals surface area contributed by atoms with Gasteiger partial charge in [-0.1, -0.05) is 12.1 Å². The van der Waals surface area contributed by atoms with E-state index in [-0.39, 0.29) is 17.9 Å². The zero-order valence-corrected chi connectivity index (χ0v) is 12.9. The molecule has 0 aromatic heterocycles. The van der Waals surface area contributed by atoms with Gasteiger partial charge in [0, 0.05) is 24.8 Å². The zero-order chi connectivity index (χ0) is 15.5. The monoisotopic (exact) mass is 302 g/mol. The Bertz CT molecular complexity index is 573. The minimum Gasteiger partial charge on any atom is -0.497 e. The summed E-state index contributed by atoms with van der Waals surface area (Å²) in [5.74, 6) is 0.821. The van der Waals surface area contributed by atoms with E-state index in [1.54, 1.807) is 13.2 Å². The second-order valence-electron chi connectivity index (χ2n) is 5.67. The molecule has 5 nitrogen and oxygen atoms in total. The van der Waals surface area contributed by atoms with Gasteiger partial charge in [0.1, 0.15) is 5.75 Å². The number of anilines is 1. The molecular weight excluding hydrogens is 280 g/mol. The topological polar surface area (TPSA) is 50.8 Å². The Morgan fingerprint density at radius 1 is 1.59 bits per heavy atom. The largest absolute Gasteiger partial charge is 0.497 e. The van der Waals surface area contributed by atoms with Gasteiger partial charge in [0.15, 0.2) is 0 Å². The molecule has 2 atom stereocenters. The second kappa shape index (κ2) is 6.40. The van der Waals surface area contributed by atoms with Crippen molar-refractivity contribution in [1.82, 2.24) is 5.32 Å². The van der Waals surface area contributed by atoms with Crippen LogP contribution in [0.5, 0.6) is 5.75 Å². The van der Waals surface area contributed by atoms with E-state index in [0.29, 0.717) is 19.8 Å². The lowest BCUT2D eigenvalue weighted by molar-refractivity contribution is -0.126. The third-order valence-electron chi connectivity index (χ3n) is 4.43. The number of carbonyl (C=O) groups is 1. The fraction of sp³-hybridized carbons (Fsp3) is 0.471. The van der Waals surface area contributed by atoms with Crippen LogP contribution in [0.25, 0.3) is 0 Å². The van der Waals surface area contributed by atoms with Crippen molar-refractivity contribution < 1.29 is 14.3 Å². The lowest BCUT2D eigenvalue weighted by Gasteiger charge is -2.45. The van der Waals surface area contributed by atoms with Crippen LogP contribution in [0, 0.1) is 5.92 Å². The summed E-state index contributed by atoms with van der Waals surface area (Å²) < 4.78 is 11.0. The summed E-state index contributed by atoms with van der Waals surface area (Å²) in [6, 6.07) is 6.16. The standard InChI is InChI=1S/C17H22N2O3/c1-3-6-18-17(20)14-9-12-4-5-13(21-2)10-15(12)19-7-8-22-11-16(14)19/h3-5,10,14,16H,1,6-9,11H2,2H3,(H,18,20)/t14-,16-/m0/s1. The lowest BCUT2D eigenvalue weighted by Crippen LogP contribution is -2.56. The van der Waals surface area contributed by atoms with Crippen molar-refractivity contribution in [3.05, 3.63) is 36.4 Å². The average Bonchev–Trinajstić information content (AvgIpc) is 2.58. The number of nitrogens with zero attached hydrogens (tertiary/aromatic N) is 1. The first-order valence-electron chi connectivity index (χ1n) is 7.64. The van der Waals surface area contributed by atoms with E-state index >= 15 is 0 Å². The van der Waals surface area contributed by atoms with Crippen LogP contribution < -0.4 is 15.0 Å². The average molecular weight is 302 g/mol. The summed E-state index contributed by atoms with van der Waals surface area (Å²) in [7, 11) is 1.67. The third kappa shape index (κ3) is 2.68. The Balaban J connectivity index is 1.91. The van der Waals surface area contributed by atoms with Crippen molar-refractivity contribution in [3.8, 4) is 5.75 Å². The van der Waals surface area contributed by atoms with Crippen LogP contribution in [0.2, 0.25) is 0 Å². The van der Waals surface area contributed by atoms with Crippen molar-refractivity contribution in [3.63, 3.8) is 0 Å². The number of nitrogens with one attached hydrogen (secondary N) is 1. The van der Waals surface area contributed by atoms with E-state index in [1.165, 1.54) is 11.3 Å². The second-order valence-corrected chi connectivity index (χ2v) is 5.67. The summed E-state index contributed by atoms with van der Waals surface area (Å²) in [4.78, 5) is 14.8. The van der Waals surface area contributed by atoms with Gasteiger partial charge in [-0.2, -0.15) is 0 Å².